The largest absolute Gasteiger partial charge is 0.504 e. The average Bonchev–Trinajstić information content (AvgIpc) is 2.38. The van der Waals surface area contributed by atoms with Crippen LogP contribution in [-0.4, -0.2) is 21.0 Å². The maximum absolute atomic E-state index is 11.4. The molecule has 0 unspecified atom stereocenters. The van der Waals surface area contributed by atoms with E-state index >= 15 is 0 Å². The number of nitro benzene ring substituents is 1. The van der Waals surface area contributed by atoms with Gasteiger partial charge in [0.2, 0.25) is 11.7 Å². The second kappa shape index (κ2) is 6.05. The highest BCUT2D eigenvalue weighted by Gasteiger charge is 2.21. The summed E-state index contributed by atoms with van der Waals surface area (Å²) < 4.78 is 0. The standard InChI is InChI=1S/C13H16N2O5/c1-3-8(9(4-2)13(14)18)7-5-10(15(19)20)12(17)11(16)6-7/h5-6,16-17H,3-4H2,1-2H3,(H2,14,18). The number of rotatable bonds is 5. The monoisotopic (exact) mass is 280 g/mol. The molecule has 0 saturated carbocycles. The fourth-order valence-corrected chi connectivity index (χ4v) is 2.05. The van der Waals surface area contributed by atoms with Gasteiger partial charge in [-0.3, -0.25) is 14.9 Å². The first-order valence-electron chi connectivity index (χ1n) is 6.05. The zero-order valence-corrected chi connectivity index (χ0v) is 11.2. The molecule has 108 valence electrons. The van der Waals surface area contributed by atoms with Gasteiger partial charge in [0.05, 0.1) is 4.92 Å². The van der Waals surface area contributed by atoms with E-state index < -0.39 is 28.0 Å². The van der Waals surface area contributed by atoms with Gasteiger partial charge in [-0.25, -0.2) is 0 Å². The highest BCUT2D eigenvalue weighted by Crippen LogP contribution is 2.39. The molecule has 1 rings (SSSR count). The fourth-order valence-electron chi connectivity index (χ4n) is 2.05. The molecule has 1 aromatic rings. The van der Waals surface area contributed by atoms with Crippen molar-refractivity contribution in [1.29, 1.82) is 0 Å². The van der Waals surface area contributed by atoms with Crippen molar-refractivity contribution >= 4 is 17.2 Å². The molecule has 7 heteroatoms. The first-order chi connectivity index (χ1) is 9.33. The van der Waals surface area contributed by atoms with Crippen molar-refractivity contribution in [2.24, 2.45) is 5.73 Å². The number of phenolic OH excluding ortho intramolecular Hbond substituents is 2. The second-order valence-corrected chi connectivity index (χ2v) is 4.15. The molecule has 0 spiro atoms. The van der Waals surface area contributed by atoms with Crippen molar-refractivity contribution in [3.8, 4) is 11.5 Å². The Balaban J connectivity index is 3.60. The van der Waals surface area contributed by atoms with Gasteiger partial charge in [0.1, 0.15) is 0 Å². The number of aromatic hydroxyl groups is 2. The summed E-state index contributed by atoms with van der Waals surface area (Å²) in [4.78, 5) is 21.4. The predicted octanol–water partition coefficient (Wildman–Crippen LogP) is 2.06. The zero-order valence-electron chi connectivity index (χ0n) is 11.2. The lowest BCUT2D eigenvalue weighted by Crippen LogP contribution is -2.15. The summed E-state index contributed by atoms with van der Waals surface area (Å²) in [7, 11) is 0. The van der Waals surface area contributed by atoms with Gasteiger partial charge < -0.3 is 15.9 Å². The minimum Gasteiger partial charge on any atom is -0.504 e. The number of nitrogens with two attached hydrogens (primary N) is 1. The number of primary amides is 1. The molecule has 0 saturated heterocycles. The molecule has 4 N–H and O–H groups in total. The minimum atomic E-state index is -0.804. The van der Waals surface area contributed by atoms with Crippen molar-refractivity contribution in [3.05, 3.63) is 33.4 Å². The molecule has 7 nitrogen and oxygen atoms in total. The Morgan fingerprint density at radius 2 is 1.90 bits per heavy atom. The number of phenols is 2. The zero-order chi connectivity index (χ0) is 15.4. The lowest BCUT2D eigenvalue weighted by atomic mass is 9.95. The molecule has 0 radical (unpaired) electrons. The SMILES string of the molecule is CCC(C(N)=O)=C(CC)c1cc(O)c(O)c([N+](=O)[O-])c1. The van der Waals surface area contributed by atoms with Crippen LogP contribution in [0.25, 0.3) is 5.57 Å². The van der Waals surface area contributed by atoms with Crippen molar-refractivity contribution in [1.82, 2.24) is 0 Å². The Bertz CT molecular complexity index is 593. The normalized spacial score (nSPS) is 11.9. The molecule has 0 atom stereocenters. The number of amides is 1. The molecular weight excluding hydrogens is 264 g/mol. The quantitative estimate of drug-likeness (QED) is 0.329. The molecule has 0 aliphatic rings. The Morgan fingerprint density at radius 1 is 1.30 bits per heavy atom. The third-order valence-electron chi connectivity index (χ3n) is 2.98. The van der Waals surface area contributed by atoms with Crippen LogP contribution in [0.3, 0.4) is 0 Å². The molecule has 0 heterocycles. The van der Waals surface area contributed by atoms with Crippen LogP contribution in [0.5, 0.6) is 11.5 Å². The Morgan fingerprint density at radius 3 is 2.30 bits per heavy atom. The van der Waals surface area contributed by atoms with E-state index in [0.717, 1.165) is 6.07 Å². The molecule has 0 bridgehead atoms. The van der Waals surface area contributed by atoms with Crippen LogP contribution in [0.1, 0.15) is 32.3 Å². The second-order valence-electron chi connectivity index (χ2n) is 4.15. The molecule has 20 heavy (non-hydrogen) atoms. The van der Waals surface area contributed by atoms with Gasteiger partial charge in [0.25, 0.3) is 0 Å². The number of hydrogen-bond donors (Lipinski definition) is 3. The van der Waals surface area contributed by atoms with Gasteiger partial charge in [0, 0.05) is 11.6 Å². The van der Waals surface area contributed by atoms with Crippen molar-refractivity contribution in [2.45, 2.75) is 26.7 Å². The summed E-state index contributed by atoms with van der Waals surface area (Å²) in [5.41, 5.74) is 5.81. The topological polar surface area (TPSA) is 127 Å². The van der Waals surface area contributed by atoms with E-state index in [2.05, 4.69) is 0 Å². The van der Waals surface area contributed by atoms with E-state index in [4.69, 9.17) is 5.73 Å². The van der Waals surface area contributed by atoms with Gasteiger partial charge in [0.15, 0.2) is 5.75 Å². The molecule has 1 amide bonds. The Hall–Kier alpha value is -2.57. The Labute approximate surface area is 115 Å². The summed E-state index contributed by atoms with van der Waals surface area (Å²) in [6.45, 7) is 3.51. The van der Waals surface area contributed by atoms with Crippen LogP contribution >= 0.6 is 0 Å². The number of carbonyl (C=O) groups is 1. The fraction of sp³-hybridized carbons (Fsp3) is 0.308. The number of carbonyl (C=O) groups excluding carboxylic acids is 1. The van der Waals surface area contributed by atoms with E-state index in [-0.39, 0.29) is 0 Å². The number of nitrogens with zero attached hydrogens (tertiary/aromatic N) is 1. The van der Waals surface area contributed by atoms with E-state index in [0.29, 0.717) is 29.6 Å². The molecule has 0 fully saturated rings. The van der Waals surface area contributed by atoms with Gasteiger partial charge in [-0.05, 0) is 30.0 Å². The summed E-state index contributed by atoms with van der Waals surface area (Å²) in [5, 5.41) is 29.9. The Kier molecular flexibility index (Phi) is 4.68. The molecule has 0 aliphatic carbocycles. The van der Waals surface area contributed by atoms with Gasteiger partial charge in [-0.2, -0.15) is 0 Å². The van der Waals surface area contributed by atoms with Crippen molar-refractivity contribution in [3.63, 3.8) is 0 Å². The molecule has 0 aliphatic heterocycles. The average molecular weight is 280 g/mol. The third kappa shape index (κ3) is 2.87. The smallest absolute Gasteiger partial charge is 0.315 e. The minimum absolute atomic E-state index is 0.296. The van der Waals surface area contributed by atoms with Crippen molar-refractivity contribution in [2.75, 3.05) is 0 Å². The maximum atomic E-state index is 11.4. The highest BCUT2D eigenvalue weighted by atomic mass is 16.6. The van der Waals surface area contributed by atoms with Gasteiger partial charge in [-0.15, -0.1) is 0 Å². The van der Waals surface area contributed by atoms with Gasteiger partial charge in [-0.1, -0.05) is 13.8 Å². The summed E-state index contributed by atoms with van der Waals surface area (Å²) in [6, 6.07) is 2.30. The lowest BCUT2D eigenvalue weighted by Gasteiger charge is -2.11. The third-order valence-corrected chi connectivity index (χ3v) is 2.98. The van der Waals surface area contributed by atoms with E-state index in [1.165, 1.54) is 6.07 Å². The van der Waals surface area contributed by atoms with Crippen LogP contribution < -0.4 is 5.73 Å². The molecular formula is C13H16N2O5. The van der Waals surface area contributed by atoms with Crippen LogP contribution in [0, 0.1) is 10.1 Å². The van der Waals surface area contributed by atoms with Crippen LogP contribution in [0.4, 0.5) is 5.69 Å². The first kappa shape index (κ1) is 15.5. The van der Waals surface area contributed by atoms with Gasteiger partial charge >= 0.3 is 5.69 Å². The summed E-state index contributed by atoms with van der Waals surface area (Å²) >= 11 is 0. The molecule has 1 aromatic carbocycles. The lowest BCUT2D eigenvalue weighted by molar-refractivity contribution is -0.386. The van der Waals surface area contributed by atoms with E-state index in [9.17, 15) is 25.1 Å². The van der Waals surface area contributed by atoms with Crippen molar-refractivity contribution < 1.29 is 19.9 Å². The maximum Gasteiger partial charge on any atom is 0.315 e. The predicted molar refractivity (Wildman–Crippen MR) is 73.1 cm³/mol. The van der Waals surface area contributed by atoms with E-state index in [1.807, 2.05) is 0 Å². The number of hydrogen-bond acceptors (Lipinski definition) is 5. The number of nitro groups is 1. The summed E-state index contributed by atoms with van der Waals surface area (Å²) in [5.74, 6) is -2.02. The molecule has 0 aromatic heterocycles. The highest BCUT2D eigenvalue weighted by molar-refractivity contribution is 6.00. The first-order valence-corrected chi connectivity index (χ1v) is 6.05. The van der Waals surface area contributed by atoms with E-state index in [1.54, 1.807) is 13.8 Å². The number of benzene rings is 1. The van der Waals surface area contributed by atoms with Crippen LogP contribution in [0.15, 0.2) is 17.7 Å². The number of allylic oxidation sites excluding steroid dienone is 1. The van der Waals surface area contributed by atoms with Crippen LogP contribution in [0.2, 0.25) is 0 Å². The summed E-state index contributed by atoms with van der Waals surface area (Å²) in [6.07, 6.45) is 0.779. The van der Waals surface area contributed by atoms with Crippen LogP contribution in [-0.2, 0) is 4.79 Å².